The van der Waals surface area contributed by atoms with Gasteiger partial charge >= 0.3 is 5.97 Å². The number of Topliss-reactive ketones (excluding diaryl/α,β-unsaturated/α-hetero) is 1. The molecule has 8 nitrogen and oxygen atoms in total. The topological polar surface area (TPSA) is 101 Å². The predicted octanol–water partition coefficient (Wildman–Crippen LogP) is 5.82. The van der Waals surface area contributed by atoms with Crippen molar-refractivity contribution in [1.82, 2.24) is 0 Å². The Bertz CT molecular complexity index is 1520. The van der Waals surface area contributed by atoms with E-state index in [0.717, 1.165) is 11.1 Å². The lowest BCUT2D eigenvalue weighted by Gasteiger charge is -2.62. The van der Waals surface area contributed by atoms with Crippen molar-refractivity contribution in [3.63, 3.8) is 0 Å². The fraction of sp³-hybridized carbons (Fsp3) is 0.514. The Balaban J connectivity index is 1.44. The summed E-state index contributed by atoms with van der Waals surface area (Å²) < 4.78 is 32.1. The fourth-order valence-electron chi connectivity index (χ4n) is 9.40. The number of esters is 1. The Kier molecular flexibility index (Phi) is 7.98. The molecule has 0 spiro atoms. The normalized spacial score (nSPS) is 36.9. The van der Waals surface area contributed by atoms with Gasteiger partial charge in [0.1, 0.15) is 30.9 Å². The summed E-state index contributed by atoms with van der Waals surface area (Å²) in [5.74, 6) is -1.08. The minimum atomic E-state index is -2.04. The van der Waals surface area contributed by atoms with Gasteiger partial charge in [-0.1, -0.05) is 81.1 Å². The second kappa shape index (κ2) is 11.3. The summed E-state index contributed by atoms with van der Waals surface area (Å²) in [6.45, 7) is 13.8. The quantitative estimate of drug-likeness (QED) is 0.192. The standard InChI is InChI=1S/C37H44O8/c1-24(2)30-26(4)34(6)36(40,31(30)39)33(5)19-29(38)45-37(34)32(43-22-41-20-27-13-9-7-10-14-27)25(3)17-18-35(33,37)44-23-42-21-28-15-11-8-12-16-28/h7-16,25,32,40H,1,17-23H2,2-6H3/t25?,32?,33-,34?,35?,36?,37?/m0/s1. The van der Waals surface area contributed by atoms with Crippen molar-refractivity contribution in [2.75, 3.05) is 13.6 Å². The van der Waals surface area contributed by atoms with E-state index in [0.29, 0.717) is 42.8 Å². The SMILES string of the molecule is C=C(C)C1=C(C)C2(C)C34OC(=O)C[C@@](C)(C3(OCOCc3ccccc3)CCC(C)C4OCOCc3ccccc3)C2(O)C1=O. The van der Waals surface area contributed by atoms with E-state index < -0.39 is 45.5 Å². The van der Waals surface area contributed by atoms with Gasteiger partial charge in [-0.05, 0) is 61.8 Å². The Hall–Kier alpha value is -3.14. The highest BCUT2D eigenvalue weighted by Crippen LogP contribution is 2.81. The zero-order valence-corrected chi connectivity index (χ0v) is 26.9. The Morgan fingerprint density at radius 3 is 2.13 bits per heavy atom. The fourth-order valence-corrected chi connectivity index (χ4v) is 9.40. The number of fused-ring (bicyclic) bond motifs is 2. The van der Waals surface area contributed by atoms with Crippen LogP contribution in [-0.2, 0) is 46.5 Å². The third-order valence-corrected chi connectivity index (χ3v) is 11.4. The third kappa shape index (κ3) is 4.09. The van der Waals surface area contributed by atoms with E-state index in [-0.39, 0.29) is 25.9 Å². The summed E-state index contributed by atoms with van der Waals surface area (Å²) in [6, 6.07) is 19.5. The van der Waals surface area contributed by atoms with Crippen molar-refractivity contribution >= 4 is 11.8 Å². The minimum Gasteiger partial charge on any atom is -0.452 e. The predicted molar refractivity (Wildman–Crippen MR) is 166 cm³/mol. The monoisotopic (exact) mass is 616 g/mol. The Morgan fingerprint density at radius 2 is 1.56 bits per heavy atom. The number of hydrogen-bond donors (Lipinski definition) is 1. The molecule has 7 atom stereocenters. The second-order valence-corrected chi connectivity index (χ2v) is 13.6. The first-order valence-corrected chi connectivity index (χ1v) is 15.8. The van der Waals surface area contributed by atoms with Crippen LogP contribution in [0.15, 0.2) is 84.0 Å². The maximum absolute atomic E-state index is 14.5. The van der Waals surface area contributed by atoms with Crippen molar-refractivity contribution in [2.24, 2.45) is 16.7 Å². The molecule has 4 aliphatic rings. The lowest BCUT2D eigenvalue weighted by atomic mass is 9.54. The number of carbonyl (C=O) groups excluding carboxylic acids is 2. The van der Waals surface area contributed by atoms with E-state index in [9.17, 15) is 14.7 Å². The van der Waals surface area contributed by atoms with Gasteiger partial charge in [0.2, 0.25) is 0 Å². The van der Waals surface area contributed by atoms with Crippen LogP contribution in [-0.4, -0.2) is 53.4 Å². The molecule has 0 amide bonds. The molecule has 2 saturated carbocycles. The summed E-state index contributed by atoms with van der Waals surface area (Å²) in [6.07, 6.45) is 0.102. The van der Waals surface area contributed by atoms with E-state index in [1.165, 1.54) is 0 Å². The number of hydrogen-bond acceptors (Lipinski definition) is 8. The molecule has 3 aliphatic carbocycles. The molecule has 6 unspecified atom stereocenters. The molecule has 1 aliphatic heterocycles. The lowest BCUT2D eigenvalue weighted by molar-refractivity contribution is -0.339. The van der Waals surface area contributed by atoms with E-state index in [4.69, 9.17) is 23.7 Å². The molecular weight excluding hydrogens is 572 g/mol. The summed E-state index contributed by atoms with van der Waals surface area (Å²) in [4.78, 5) is 28.2. The van der Waals surface area contributed by atoms with Crippen molar-refractivity contribution in [1.29, 1.82) is 0 Å². The second-order valence-electron chi connectivity index (χ2n) is 13.6. The highest BCUT2D eigenvalue weighted by Gasteiger charge is 2.95. The van der Waals surface area contributed by atoms with Gasteiger partial charge in [-0.25, -0.2) is 0 Å². The van der Waals surface area contributed by atoms with Gasteiger partial charge in [0.05, 0.1) is 25.0 Å². The molecule has 240 valence electrons. The molecule has 1 saturated heterocycles. The summed E-state index contributed by atoms with van der Waals surface area (Å²) in [5, 5.41) is 13.1. The first kappa shape index (κ1) is 31.8. The van der Waals surface area contributed by atoms with Crippen LogP contribution in [0.4, 0.5) is 0 Å². The number of aliphatic hydroxyl groups is 1. The maximum Gasteiger partial charge on any atom is 0.307 e. The molecule has 2 aromatic carbocycles. The molecule has 1 heterocycles. The molecule has 0 radical (unpaired) electrons. The molecule has 45 heavy (non-hydrogen) atoms. The summed E-state index contributed by atoms with van der Waals surface area (Å²) >= 11 is 0. The molecule has 3 fully saturated rings. The summed E-state index contributed by atoms with van der Waals surface area (Å²) in [7, 11) is 0. The van der Waals surface area contributed by atoms with Crippen molar-refractivity contribution < 1.29 is 38.4 Å². The molecule has 2 bridgehead atoms. The van der Waals surface area contributed by atoms with Crippen LogP contribution in [0, 0.1) is 16.7 Å². The number of ketones is 1. The van der Waals surface area contributed by atoms with E-state index in [1.54, 1.807) is 13.8 Å². The number of allylic oxidation sites excluding steroid dienone is 1. The van der Waals surface area contributed by atoms with Gasteiger partial charge in [-0.2, -0.15) is 0 Å². The van der Waals surface area contributed by atoms with Gasteiger partial charge in [-0.3, -0.25) is 9.59 Å². The lowest BCUT2D eigenvalue weighted by Crippen LogP contribution is -2.76. The molecule has 0 aromatic heterocycles. The molecule has 6 rings (SSSR count). The van der Waals surface area contributed by atoms with Gasteiger partial charge in [-0.15, -0.1) is 0 Å². The first-order valence-electron chi connectivity index (χ1n) is 15.8. The van der Waals surface area contributed by atoms with Crippen molar-refractivity contribution in [3.8, 4) is 0 Å². The van der Waals surface area contributed by atoms with Crippen LogP contribution in [0.2, 0.25) is 0 Å². The molecule has 2 aromatic rings. The summed E-state index contributed by atoms with van der Waals surface area (Å²) in [5.41, 5.74) is -4.18. The number of ether oxygens (including phenoxy) is 5. The molecule has 1 N–H and O–H groups in total. The van der Waals surface area contributed by atoms with E-state index >= 15 is 0 Å². The van der Waals surface area contributed by atoms with Crippen molar-refractivity contribution in [3.05, 3.63) is 95.1 Å². The molecule has 8 heteroatoms. The van der Waals surface area contributed by atoms with Gasteiger partial charge in [0.25, 0.3) is 0 Å². The van der Waals surface area contributed by atoms with Crippen molar-refractivity contribution in [2.45, 2.75) is 90.0 Å². The highest BCUT2D eigenvalue weighted by atomic mass is 16.7. The van der Waals surface area contributed by atoms with Gasteiger partial charge in [0.15, 0.2) is 11.4 Å². The van der Waals surface area contributed by atoms with Crippen LogP contribution in [0.3, 0.4) is 0 Å². The first-order chi connectivity index (χ1) is 21.4. The average molecular weight is 617 g/mol. The zero-order valence-electron chi connectivity index (χ0n) is 26.9. The van der Waals surface area contributed by atoms with Gasteiger partial charge < -0.3 is 28.8 Å². The van der Waals surface area contributed by atoms with Crippen LogP contribution in [0.1, 0.15) is 65.0 Å². The van der Waals surface area contributed by atoms with Crippen LogP contribution in [0.25, 0.3) is 0 Å². The van der Waals surface area contributed by atoms with E-state index in [1.807, 2.05) is 81.4 Å². The highest BCUT2D eigenvalue weighted by molar-refractivity contribution is 6.12. The third-order valence-electron chi connectivity index (χ3n) is 11.4. The largest absolute Gasteiger partial charge is 0.452 e. The van der Waals surface area contributed by atoms with Crippen LogP contribution >= 0.6 is 0 Å². The van der Waals surface area contributed by atoms with Crippen LogP contribution < -0.4 is 0 Å². The number of benzene rings is 2. The Morgan fingerprint density at radius 1 is 0.978 bits per heavy atom. The number of carbonyl (C=O) groups is 2. The zero-order chi connectivity index (χ0) is 32.3. The van der Waals surface area contributed by atoms with Gasteiger partial charge in [0, 0.05) is 11.0 Å². The molecular formula is C37H44O8. The minimum absolute atomic E-state index is 0.0843. The number of rotatable bonds is 11. The maximum atomic E-state index is 14.5. The average Bonchev–Trinajstić information content (AvgIpc) is 3.21. The van der Waals surface area contributed by atoms with E-state index in [2.05, 4.69) is 6.58 Å². The van der Waals surface area contributed by atoms with Crippen LogP contribution in [0.5, 0.6) is 0 Å². The smallest absolute Gasteiger partial charge is 0.307 e. The Labute approximate surface area is 265 Å².